The van der Waals surface area contributed by atoms with E-state index in [1.165, 1.54) is 18.6 Å². The van der Waals surface area contributed by atoms with Gasteiger partial charge in [0.05, 0.1) is 7.11 Å². The van der Waals surface area contributed by atoms with Crippen molar-refractivity contribution in [2.45, 2.75) is 56.8 Å². The minimum Gasteiger partial charge on any atom is -0.497 e. The van der Waals surface area contributed by atoms with Crippen LogP contribution < -0.4 is 15.4 Å². The number of urea groups is 1. The molecule has 2 amide bonds. The number of hydrogen-bond donors (Lipinski definition) is 2. The molecule has 0 radical (unpaired) electrons. The Hall–Kier alpha value is -2.60. The van der Waals surface area contributed by atoms with Crippen LogP contribution in [-0.4, -0.2) is 36.2 Å². The van der Waals surface area contributed by atoms with Crippen LogP contribution >= 0.6 is 0 Å². The summed E-state index contributed by atoms with van der Waals surface area (Å²) in [4.78, 5) is 15.0. The normalized spacial score (nSPS) is 24.0. The molecule has 154 valence electrons. The van der Waals surface area contributed by atoms with E-state index in [2.05, 4.69) is 15.5 Å². The van der Waals surface area contributed by atoms with Crippen LogP contribution in [0.25, 0.3) is 0 Å². The van der Waals surface area contributed by atoms with Crippen LogP contribution in [0.2, 0.25) is 0 Å². The predicted molar refractivity (Wildman–Crippen MR) is 112 cm³/mol. The number of carbonyl (C=O) groups is 1. The molecule has 2 aromatic carbocycles. The van der Waals surface area contributed by atoms with E-state index in [-0.39, 0.29) is 17.9 Å². The number of ether oxygens (including phenoxy) is 1. The van der Waals surface area contributed by atoms with Crippen molar-refractivity contribution in [1.29, 1.82) is 0 Å². The van der Waals surface area contributed by atoms with E-state index in [0.717, 1.165) is 43.5 Å². The van der Waals surface area contributed by atoms with Crippen molar-refractivity contribution in [3.8, 4) is 5.75 Å². The van der Waals surface area contributed by atoms with Gasteiger partial charge < -0.3 is 15.4 Å². The number of rotatable bonds is 5. The lowest BCUT2D eigenvalue weighted by Gasteiger charge is -2.49. The summed E-state index contributed by atoms with van der Waals surface area (Å²) in [7, 11) is 1.61. The lowest BCUT2D eigenvalue weighted by molar-refractivity contribution is 0.0200. The van der Waals surface area contributed by atoms with Crippen LogP contribution in [0.1, 0.15) is 37.7 Å². The highest BCUT2D eigenvalue weighted by Crippen LogP contribution is 2.35. The summed E-state index contributed by atoms with van der Waals surface area (Å²) in [5, 5.41) is 6.06. The second-order valence-corrected chi connectivity index (χ2v) is 8.04. The van der Waals surface area contributed by atoms with Crippen molar-refractivity contribution in [1.82, 2.24) is 10.2 Å². The first kappa shape index (κ1) is 19.7. The van der Waals surface area contributed by atoms with Gasteiger partial charge in [-0.3, -0.25) is 4.90 Å². The number of nitrogens with zero attached hydrogens (tertiary/aromatic N) is 1. The highest BCUT2D eigenvalue weighted by Gasteiger charge is 2.38. The van der Waals surface area contributed by atoms with Crippen molar-refractivity contribution in [3.05, 3.63) is 59.9 Å². The second-order valence-electron chi connectivity index (χ2n) is 8.04. The third kappa shape index (κ3) is 4.88. The molecule has 0 aliphatic carbocycles. The van der Waals surface area contributed by atoms with Gasteiger partial charge in [-0.1, -0.05) is 24.6 Å². The molecule has 2 unspecified atom stereocenters. The molecule has 2 heterocycles. The average Bonchev–Trinajstić information content (AvgIpc) is 2.70. The monoisotopic (exact) mass is 397 g/mol. The smallest absolute Gasteiger partial charge is 0.319 e. The minimum atomic E-state index is -0.195. The third-order valence-electron chi connectivity index (χ3n) is 6.07. The second kappa shape index (κ2) is 8.82. The Morgan fingerprint density at radius 3 is 2.55 bits per heavy atom. The third-order valence-corrected chi connectivity index (χ3v) is 6.07. The summed E-state index contributed by atoms with van der Waals surface area (Å²) < 4.78 is 18.4. The first-order valence-electron chi connectivity index (χ1n) is 10.3. The number of benzene rings is 2. The molecule has 2 bridgehead atoms. The van der Waals surface area contributed by atoms with Crippen LogP contribution in [0.4, 0.5) is 14.9 Å². The zero-order chi connectivity index (χ0) is 20.2. The average molecular weight is 397 g/mol. The number of amides is 2. The Labute approximate surface area is 171 Å². The summed E-state index contributed by atoms with van der Waals surface area (Å²) in [5.74, 6) is 0.519. The van der Waals surface area contributed by atoms with E-state index >= 15 is 0 Å². The molecule has 2 saturated heterocycles. The van der Waals surface area contributed by atoms with Gasteiger partial charge in [0.1, 0.15) is 11.6 Å². The molecule has 2 fully saturated rings. The Kier molecular flexibility index (Phi) is 6.00. The van der Waals surface area contributed by atoms with Crippen LogP contribution in [-0.2, 0) is 6.54 Å². The molecule has 0 saturated carbocycles. The van der Waals surface area contributed by atoms with Gasteiger partial charge >= 0.3 is 6.03 Å². The van der Waals surface area contributed by atoms with E-state index in [1.807, 2.05) is 30.3 Å². The van der Waals surface area contributed by atoms with E-state index < -0.39 is 0 Å². The molecule has 29 heavy (non-hydrogen) atoms. The fourth-order valence-electron chi connectivity index (χ4n) is 4.71. The van der Waals surface area contributed by atoms with Crippen LogP contribution in [0.5, 0.6) is 5.75 Å². The van der Waals surface area contributed by atoms with Gasteiger partial charge in [0.25, 0.3) is 0 Å². The Morgan fingerprint density at radius 1 is 1.14 bits per heavy atom. The maximum absolute atomic E-state index is 13.2. The summed E-state index contributed by atoms with van der Waals surface area (Å²) in [6.45, 7) is 0.846. The lowest BCUT2D eigenvalue weighted by Crippen LogP contribution is -2.56. The van der Waals surface area contributed by atoms with Gasteiger partial charge in [-0.05, 0) is 55.5 Å². The zero-order valence-electron chi connectivity index (χ0n) is 16.7. The van der Waals surface area contributed by atoms with E-state index in [1.54, 1.807) is 13.2 Å². The molecule has 6 heteroatoms. The van der Waals surface area contributed by atoms with Crippen molar-refractivity contribution >= 4 is 11.7 Å². The number of methoxy groups -OCH3 is 1. The summed E-state index contributed by atoms with van der Waals surface area (Å²) in [6, 6.07) is 15.1. The molecule has 2 aromatic rings. The highest BCUT2D eigenvalue weighted by molar-refractivity contribution is 5.89. The molecule has 2 aliphatic heterocycles. The van der Waals surface area contributed by atoms with Crippen molar-refractivity contribution in [3.63, 3.8) is 0 Å². The number of nitrogens with one attached hydrogen (secondary N) is 2. The van der Waals surface area contributed by atoms with E-state index in [9.17, 15) is 9.18 Å². The standard InChI is InChI=1S/C23H28FN3O2/c1-29-22-7-2-4-18(14-22)25-23(28)26-19-12-20-5-3-6-21(13-19)27(20)15-16-8-10-17(24)11-9-16/h2,4,7-11,14,19-21H,3,5-6,12-13,15H2,1H3,(H2,25,26,28). The molecule has 5 nitrogen and oxygen atoms in total. The number of carbonyl (C=O) groups excluding carboxylic acids is 1. The van der Waals surface area contributed by atoms with Gasteiger partial charge in [0.2, 0.25) is 0 Å². The first-order valence-corrected chi connectivity index (χ1v) is 10.3. The summed E-state index contributed by atoms with van der Waals surface area (Å²) in [6.07, 6.45) is 5.42. The minimum absolute atomic E-state index is 0.167. The van der Waals surface area contributed by atoms with Crippen LogP contribution in [0.15, 0.2) is 48.5 Å². The molecular weight excluding hydrogens is 369 g/mol. The molecule has 0 aromatic heterocycles. The number of anilines is 1. The van der Waals surface area contributed by atoms with Gasteiger partial charge in [0.15, 0.2) is 0 Å². The summed E-state index contributed by atoms with van der Waals surface area (Å²) in [5.41, 5.74) is 1.86. The van der Waals surface area contributed by atoms with Crippen LogP contribution in [0.3, 0.4) is 0 Å². The van der Waals surface area contributed by atoms with Gasteiger partial charge in [-0.25, -0.2) is 9.18 Å². The molecule has 2 aliphatic rings. The van der Waals surface area contributed by atoms with Crippen LogP contribution in [0, 0.1) is 5.82 Å². The quantitative estimate of drug-likeness (QED) is 0.779. The molecule has 0 spiro atoms. The first-order chi connectivity index (χ1) is 14.1. The number of fused-ring (bicyclic) bond motifs is 2. The fraction of sp³-hybridized carbons (Fsp3) is 0.435. The van der Waals surface area contributed by atoms with Gasteiger partial charge in [0, 0.05) is 36.4 Å². The van der Waals surface area contributed by atoms with Gasteiger partial charge in [-0.2, -0.15) is 0 Å². The SMILES string of the molecule is COc1cccc(NC(=O)NC2CC3CCCC(C2)N3Cc2ccc(F)cc2)c1. The Balaban J connectivity index is 1.35. The Bertz CT molecular complexity index is 828. The maximum Gasteiger partial charge on any atom is 0.319 e. The number of halogens is 1. The van der Waals surface area contributed by atoms with Gasteiger partial charge in [-0.15, -0.1) is 0 Å². The van der Waals surface area contributed by atoms with Crippen molar-refractivity contribution in [2.75, 3.05) is 12.4 Å². The number of hydrogen-bond acceptors (Lipinski definition) is 3. The maximum atomic E-state index is 13.2. The predicted octanol–water partition coefficient (Wildman–Crippen LogP) is 4.54. The largest absolute Gasteiger partial charge is 0.497 e. The zero-order valence-corrected chi connectivity index (χ0v) is 16.7. The van der Waals surface area contributed by atoms with Crippen molar-refractivity contribution in [2.24, 2.45) is 0 Å². The van der Waals surface area contributed by atoms with Crippen molar-refractivity contribution < 1.29 is 13.9 Å². The highest BCUT2D eigenvalue weighted by atomic mass is 19.1. The molecule has 4 rings (SSSR count). The molecule has 2 N–H and O–H groups in total. The molecular formula is C23H28FN3O2. The fourth-order valence-corrected chi connectivity index (χ4v) is 4.71. The summed E-state index contributed by atoms with van der Waals surface area (Å²) >= 11 is 0. The van der Waals surface area contributed by atoms with E-state index in [0.29, 0.717) is 17.8 Å². The number of piperidine rings is 2. The lowest BCUT2D eigenvalue weighted by atomic mass is 9.81. The molecule has 2 atom stereocenters. The Morgan fingerprint density at radius 2 is 1.86 bits per heavy atom. The van der Waals surface area contributed by atoms with E-state index in [4.69, 9.17) is 4.74 Å². The topological polar surface area (TPSA) is 53.6 Å².